The van der Waals surface area contributed by atoms with Crippen LogP contribution < -0.4 is 15.0 Å². The van der Waals surface area contributed by atoms with Crippen LogP contribution in [-0.4, -0.2) is 38.1 Å². The van der Waals surface area contributed by atoms with Gasteiger partial charge in [-0.2, -0.15) is 0 Å². The van der Waals surface area contributed by atoms with Gasteiger partial charge >= 0.3 is 0 Å². The highest BCUT2D eigenvalue weighted by Gasteiger charge is 2.14. The van der Waals surface area contributed by atoms with Crippen LogP contribution in [0.15, 0.2) is 29.8 Å². The van der Waals surface area contributed by atoms with Gasteiger partial charge in [-0.05, 0) is 44.2 Å². The number of hydrogen-bond donors (Lipinski definition) is 1. The van der Waals surface area contributed by atoms with Crippen molar-refractivity contribution in [3.8, 4) is 5.75 Å². The summed E-state index contributed by atoms with van der Waals surface area (Å²) >= 11 is 1.57. The Morgan fingerprint density at radius 2 is 2.28 bits per heavy atom. The molecule has 1 N–H and O–H groups in total. The number of nitrogens with one attached hydrogen (secondary N) is 1. The van der Waals surface area contributed by atoms with Crippen molar-refractivity contribution in [3.05, 3.63) is 29.8 Å². The fraction of sp³-hybridized carbons (Fsp3) is 0.474. The third kappa shape index (κ3) is 4.51. The summed E-state index contributed by atoms with van der Waals surface area (Å²) in [5.74, 6) is 0.795. The van der Waals surface area contributed by atoms with Crippen molar-refractivity contribution in [3.63, 3.8) is 0 Å². The number of para-hydroxylation sites is 1. The summed E-state index contributed by atoms with van der Waals surface area (Å²) in [6, 6.07) is 5.87. The minimum absolute atomic E-state index is 0.0325. The monoisotopic (exact) mass is 359 g/mol. The van der Waals surface area contributed by atoms with E-state index in [1.165, 1.54) is 31.3 Å². The second kappa shape index (κ2) is 8.34. The number of fused-ring (bicyclic) bond motifs is 1. The van der Waals surface area contributed by atoms with Crippen LogP contribution >= 0.6 is 11.3 Å². The summed E-state index contributed by atoms with van der Waals surface area (Å²) < 4.78 is 6.41. The number of thiazole rings is 1. The Hall–Kier alpha value is -2.08. The minimum atomic E-state index is 0.0325. The van der Waals surface area contributed by atoms with Gasteiger partial charge < -0.3 is 15.0 Å². The smallest absolute Gasteiger partial charge is 0.239 e. The lowest BCUT2D eigenvalue weighted by molar-refractivity contribution is -0.119. The molecule has 0 saturated heterocycles. The zero-order valence-corrected chi connectivity index (χ0v) is 15.7. The first-order chi connectivity index (χ1) is 12.2. The number of likely N-dealkylation sites (N-methyl/N-ethyl adjacent to an activating group) is 1. The Morgan fingerprint density at radius 3 is 3.04 bits per heavy atom. The second-order valence-electron chi connectivity index (χ2n) is 6.37. The molecule has 0 bridgehead atoms. The third-order valence-corrected chi connectivity index (χ3v) is 5.59. The van der Waals surface area contributed by atoms with E-state index in [2.05, 4.69) is 16.4 Å². The number of ether oxygens (including phenoxy) is 1. The molecule has 0 atom stereocenters. The third-order valence-electron chi connectivity index (χ3n) is 4.45. The maximum Gasteiger partial charge on any atom is 0.239 e. The topological polar surface area (TPSA) is 54.5 Å². The van der Waals surface area contributed by atoms with Crippen LogP contribution in [-0.2, 0) is 4.79 Å². The van der Waals surface area contributed by atoms with Gasteiger partial charge in [-0.3, -0.25) is 4.79 Å². The van der Waals surface area contributed by atoms with Crippen LogP contribution in [0.4, 0.5) is 5.13 Å². The predicted octanol–water partition coefficient (Wildman–Crippen LogP) is 3.75. The first kappa shape index (κ1) is 17.7. The van der Waals surface area contributed by atoms with E-state index in [1.54, 1.807) is 18.4 Å². The number of hydrogen-bond acceptors (Lipinski definition) is 5. The standard InChI is InChI=1S/C19H25N3O2S/c1-22(13-17(23)20-12-11-14-7-4-3-5-8-14)19-21-18-15(24-2)9-6-10-16(18)25-19/h6-7,9-10H,3-5,8,11-13H2,1-2H3,(H,20,23). The van der Waals surface area contributed by atoms with Crippen LogP contribution in [0.3, 0.4) is 0 Å². The Labute approximate surface area is 152 Å². The summed E-state index contributed by atoms with van der Waals surface area (Å²) in [5, 5.41) is 3.84. The average molecular weight is 359 g/mol. The van der Waals surface area contributed by atoms with Crippen LogP contribution in [0, 0.1) is 0 Å². The van der Waals surface area contributed by atoms with Crippen molar-refractivity contribution in [2.24, 2.45) is 0 Å². The quantitative estimate of drug-likeness (QED) is 0.765. The molecular weight excluding hydrogens is 334 g/mol. The molecule has 1 aliphatic carbocycles. The van der Waals surface area contributed by atoms with Gasteiger partial charge in [0.2, 0.25) is 5.91 Å². The maximum absolute atomic E-state index is 12.2. The number of benzene rings is 1. The molecule has 1 aromatic heterocycles. The van der Waals surface area contributed by atoms with Crippen molar-refractivity contribution < 1.29 is 9.53 Å². The lowest BCUT2D eigenvalue weighted by Crippen LogP contribution is -2.35. The molecule has 0 radical (unpaired) electrons. The normalized spacial score (nSPS) is 14.2. The molecular formula is C19H25N3O2S. The van der Waals surface area contributed by atoms with Gasteiger partial charge in [0.1, 0.15) is 11.3 Å². The Balaban J connectivity index is 1.53. The lowest BCUT2D eigenvalue weighted by Gasteiger charge is -2.16. The summed E-state index contributed by atoms with van der Waals surface area (Å²) in [7, 11) is 3.54. The molecule has 2 aromatic rings. The zero-order chi connectivity index (χ0) is 17.6. The number of amides is 1. The molecule has 0 unspecified atom stereocenters. The van der Waals surface area contributed by atoms with Crippen molar-refractivity contribution in [2.75, 3.05) is 32.1 Å². The minimum Gasteiger partial charge on any atom is -0.494 e. The van der Waals surface area contributed by atoms with E-state index in [1.807, 2.05) is 30.1 Å². The first-order valence-electron chi connectivity index (χ1n) is 8.76. The van der Waals surface area contributed by atoms with E-state index < -0.39 is 0 Å². The highest BCUT2D eigenvalue weighted by atomic mass is 32.1. The predicted molar refractivity (Wildman–Crippen MR) is 104 cm³/mol. The van der Waals surface area contributed by atoms with E-state index in [9.17, 15) is 4.79 Å². The number of aromatic nitrogens is 1. The van der Waals surface area contributed by atoms with Gasteiger partial charge in [-0.15, -0.1) is 0 Å². The molecule has 1 aliphatic rings. The summed E-state index contributed by atoms with van der Waals surface area (Å²) in [4.78, 5) is 18.7. The molecule has 0 saturated carbocycles. The largest absolute Gasteiger partial charge is 0.494 e. The second-order valence-corrected chi connectivity index (χ2v) is 7.38. The van der Waals surface area contributed by atoms with E-state index >= 15 is 0 Å². The number of carbonyl (C=O) groups excluding carboxylic acids is 1. The first-order valence-corrected chi connectivity index (χ1v) is 9.58. The van der Waals surface area contributed by atoms with Gasteiger partial charge in [0.05, 0.1) is 18.4 Å². The number of anilines is 1. The average Bonchev–Trinajstić information content (AvgIpc) is 3.07. The number of rotatable bonds is 7. The van der Waals surface area contributed by atoms with Crippen molar-refractivity contribution in [1.29, 1.82) is 0 Å². The zero-order valence-electron chi connectivity index (χ0n) is 14.9. The van der Waals surface area contributed by atoms with Crippen LogP contribution in [0.5, 0.6) is 5.75 Å². The molecule has 1 amide bonds. The van der Waals surface area contributed by atoms with Gasteiger partial charge in [0.25, 0.3) is 0 Å². The number of allylic oxidation sites excluding steroid dienone is 1. The van der Waals surface area contributed by atoms with Gasteiger partial charge in [0.15, 0.2) is 5.13 Å². The van der Waals surface area contributed by atoms with Gasteiger partial charge in [-0.25, -0.2) is 4.98 Å². The molecule has 1 heterocycles. The number of carbonyl (C=O) groups is 1. The molecule has 5 nitrogen and oxygen atoms in total. The molecule has 6 heteroatoms. The number of nitrogens with zero attached hydrogens (tertiary/aromatic N) is 2. The van der Waals surface area contributed by atoms with Crippen molar-refractivity contribution >= 4 is 32.6 Å². The summed E-state index contributed by atoms with van der Waals surface area (Å²) in [5.41, 5.74) is 2.33. The molecule has 134 valence electrons. The summed E-state index contributed by atoms with van der Waals surface area (Å²) in [6.07, 6.45) is 8.25. The van der Waals surface area contributed by atoms with Crippen LogP contribution in [0.2, 0.25) is 0 Å². The Bertz CT molecular complexity index is 769. The van der Waals surface area contributed by atoms with E-state index in [-0.39, 0.29) is 5.91 Å². The lowest BCUT2D eigenvalue weighted by atomic mass is 9.97. The molecule has 3 rings (SSSR count). The Kier molecular flexibility index (Phi) is 5.91. The van der Waals surface area contributed by atoms with Crippen molar-refractivity contribution in [2.45, 2.75) is 32.1 Å². The van der Waals surface area contributed by atoms with Gasteiger partial charge in [0, 0.05) is 13.6 Å². The molecule has 0 fully saturated rings. The van der Waals surface area contributed by atoms with Crippen molar-refractivity contribution in [1.82, 2.24) is 10.3 Å². The maximum atomic E-state index is 12.2. The fourth-order valence-corrected chi connectivity index (χ4v) is 4.02. The highest BCUT2D eigenvalue weighted by molar-refractivity contribution is 7.22. The SMILES string of the molecule is COc1cccc2sc(N(C)CC(=O)NCCC3=CCCCC3)nc12. The van der Waals surface area contributed by atoms with Crippen LogP contribution in [0.25, 0.3) is 10.2 Å². The molecule has 1 aromatic carbocycles. The molecule has 0 spiro atoms. The van der Waals surface area contributed by atoms with E-state index in [4.69, 9.17) is 4.74 Å². The Morgan fingerprint density at radius 1 is 1.40 bits per heavy atom. The van der Waals surface area contributed by atoms with E-state index in [0.29, 0.717) is 13.1 Å². The molecule has 0 aliphatic heterocycles. The van der Waals surface area contributed by atoms with E-state index in [0.717, 1.165) is 27.5 Å². The summed E-state index contributed by atoms with van der Waals surface area (Å²) in [6.45, 7) is 1.02. The van der Waals surface area contributed by atoms with Gasteiger partial charge in [-0.1, -0.05) is 29.1 Å². The number of methoxy groups -OCH3 is 1. The molecule has 25 heavy (non-hydrogen) atoms. The highest BCUT2D eigenvalue weighted by Crippen LogP contribution is 2.33. The fourth-order valence-electron chi connectivity index (χ4n) is 3.07. The van der Waals surface area contributed by atoms with Crippen LogP contribution in [0.1, 0.15) is 32.1 Å².